The second-order valence-electron chi connectivity index (χ2n) is 8.02. The second kappa shape index (κ2) is 13.3. The lowest BCUT2D eigenvalue weighted by Gasteiger charge is -2.13. The zero-order valence-corrected chi connectivity index (χ0v) is 18.9. The first-order valence-corrected chi connectivity index (χ1v) is 11.0. The van der Waals surface area contributed by atoms with Gasteiger partial charge in [0.15, 0.2) is 23.0 Å². The van der Waals surface area contributed by atoms with Crippen molar-refractivity contribution in [1.29, 1.82) is 0 Å². The normalized spacial score (nSPS) is 12.6. The molecule has 0 heterocycles. The van der Waals surface area contributed by atoms with Gasteiger partial charge in [0.25, 0.3) is 0 Å². The molecule has 186 valence electrons. The number of carbonyl (C=O) groups is 2. The monoisotopic (exact) mass is 476 g/mol. The number of ether oxygens (including phenoxy) is 2. The number of hydrogen-bond acceptors (Lipinski definition) is 10. The van der Waals surface area contributed by atoms with Gasteiger partial charge in [-0.05, 0) is 73.9 Å². The topological polar surface area (TPSA) is 186 Å². The van der Waals surface area contributed by atoms with Gasteiger partial charge < -0.3 is 41.4 Å². The first kappa shape index (κ1) is 26.7. The molecule has 0 saturated heterocycles. The van der Waals surface area contributed by atoms with Crippen LogP contribution in [0, 0.1) is 0 Å². The van der Waals surface area contributed by atoms with Crippen molar-refractivity contribution in [2.45, 2.75) is 50.6 Å². The summed E-state index contributed by atoms with van der Waals surface area (Å²) in [4.78, 5) is 24.0. The minimum Gasteiger partial charge on any atom is -0.504 e. The maximum Gasteiger partial charge on any atom is 0.323 e. The fraction of sp³-hybridized carbons (Fsp3) is 0.417. The van der Waals surface area contributed by atoms with Gasteiger partial charge in [-0.1, -0.05) is 12.1 Å². The van der Waals surface area contributed by atoms with E-state index in [0.717, 1.165) is 12.8 Å². The Kier molecular flexibility index (Phi) is 10.4. The molecule has 2 unspecified atom stereocenters. The van der Waals surface area contributed by atoms with Crippen LogP contribution in [0.5, 0.6) is 23.0 Å². The number of unbranched alkanes of at least 4 members (excludes halogenated alkanes) is 3. The Labute approximate surface area is 197 Å². The van der Waals surface area contributed by atoms with E-state index in [2.05, 4.69) is 0 Å². The molecule has 2 atom stereocenters. The summed E-state index contributed by atoms with van der Waals surface area (Å²) in [6, 6.07) is 6.74. The lowest BCUT2D eigenvalue weighted by Crippen LogP contribution is -2.34. The molecule has 0 amide bonds. The third-order valence-electron chi connectivity index (χ3n) is 5.12. The number of esters is 2. The van der Waals surface area contributed by atoms with Crippen LogP contribution in [-0.2, 0) is 31.9 Å². The van der Waals surface area contributed by atoms with Crippen LogP contribution in [0.2, 0.25) is 0 Å². The van der Waals surface area contributed by atoms with E-state index in [0.29, 0.717) is 24.0 Å². The molecule has 0 bridgehead atoms. The quantitative estimate of drug-likeness (QED) is 0.141. The zero-order chi connectivity index (χ0) is 25.1. The maximum atomic E-state index is 12.0. The van der Waals surface area contributed by atoms with Gasteiger partial charge >= 0.3 is 11.9 Å². The molecule has 0 aliphatic carbocycles. The predicted molar refractivity (Wildman–Crippen MR) is 123 cm³/mol. The summed E-state index contributed by atoms with van der Waals surface area (Å²) in [6.45, 7) is 0.439. The molecule has 10 heteroatoms. The highest BCUT2D eigenvalue weighted by atomic mass is 16.5. The number of phenolic OH excluding ortho intramolecular Hbond substituents is 4. The van der Waals surface area contributed by atoms with E-state index in [1.807, 2.05) is 0 Å². The average Bonchev–Trinajstić information content (AvgIpc) is 2.80. The third kappa shape index (κ3) is 8.80. The van der Waals surface area contributed by atoms with E-state index in [1.54, 1.807) is 12.1 Å². The summed E-state index contributed by atoms with van der Waals surface area (Å²) >= 11 is 0. The molecular formula is C24H32N2O8. The maximum absolute atomic E-state index is 12.0. The van der Waals surface area contributed by atoms with E-state index in [4.69, 9.17) is 20.9 Å². The number of rotatable bonds is 13. The van der Waals surface area contributed by atoms with Crippen LogP contribution in [0.1, 0.15) is 36.8 Å². The van der Waals surface area contributed by atoms with Crippen LogP contribution < -0.4 is 11.5 Å². The molecule has 0 fully saturated rings. The van der Waals surface area contributed by atoms with Crippen molar-refractivity contribution in [3.8, 4) is 23.0 Å². The summed E-state index contributed by atoms with van der Waals surface area (Å²) in [5, 5.41) is 37.6. The van der Waals surface area contributed by atoms with Gasteiger partial charge in [-0.25, -0.2) is 0 Å². The Morgan fingerprint density at radius 1 is 0.647 bits per heavy atom. The highest BCUT2D eigenvalue weighted by molar-refractivity contribution is 5.76. The first-order valence-electron chi connectivity index (χ1n) is 11.0. The van der Waals surface area contributed by atoms with E-state index in [-0.39, 0.29) is 49.1 Å². The number of carbonyl (C=O) groups excluding carboxylic acids is 2. The molecule has 0 saturated carbocycles. The predicted octanol–water partition coefficient (Wildman–Crippen LogP) is 1.60. The number of hydrogen-bond donors (Lipinski definition) is 6. The molecule has 0 aliphatic rings. The van der Waals surface area contributed by atoms with Gasteiger partial charge in [0.2, 0.25) is 0 Å². The van der Waals surface area contributed by atoms with E-state index in [1.165, 1.54) is 24.3 Å². The summed E-state index contributed by atoms with van der Waals surface area (Å²) < 4.78 is 10.3. The number of nitrogens with two attached hydrogens (primary N) is 2. The molecule has 2 rings (SSSR count). The summed E-state index contributed by atoms with van der Waals surface area (Å²) in [7, 11) is 0. The third-order valence-corrected chi connectivity index (χ3v) is 5.12. The Morgan fingerprint density at radius 3 is 1.38 bits per heavy atom. The van der Waals surface area contributed by atoms with Crippen LogP contribution >= 0.6 is 0 Å². The number of phenols is 4. The van der Waals surface area contributed by atoms with Gasteiger partial charge in [-0.15, -0.1) is 0 Å². The van der Waals surface area contributed by atoms with Crippen LogP contribution in [0.25, 0.3) is 0 Å². The molecule has 0 aromatic heterocycles. The molecule has 2 aromatic rings. The SMILES string of the molecule is NC(Cc1ccc(O)c(O)c1)C(=O)OCCCCCCOC(=O)C(N)Cc1ccc(O)c(O)c1. The van der Waals surface area contributed by atoms with Gasteiger partial charge in [0, 0.05) is 0 Å². The number of aromatic hydroxyl groups is 4. The summed E-state index contributed by atoms with van der Waals surface area (Å²) in [5.41, 5.74) is 12.9. The molecule has 0 spiro atoms. The second-order valence-corrected chi connectivity index (χ2v) is 8.02. The van der Waals surface area contributed by atoms with E-state index >= 15 is 0 Å². The summed E-state index contributed by atoms with van der Waals surface area (Å²) in [5.74, 6) is -2.12. The fourth-order valence-electron chi connectivity index (χ4n) is 3.18. The molecule has 2 aromatic carbocycles. The fourth-order valence-corrected chi connectivity index (χ4v) is 3.18. The van der Waals surface area contributed by atoms with Crippen molar-refractivity contribution >= 4 is 11.9 Å². The van der Waals surface area contributed by atoms with Crippen molar-refractivity contribution < 1.29 is 39.5 Å². The van der Waals surface area contributed by atoms with Gasteiger partial charge in [-0.2, -0.15) is 0 Å². The Morgan fingerprint density at radius 2 is 1.03 bits per heavy atom. The Bertz CT molecular complexity index is 888. The van der Waals surface area contributed by atoms with Crippen LogP contribution in [0.3, 0.4) is 0 Å². The highest BCUT2D eigenvalue weighted by Crippen LogP contribution is 2.26. The largest absolute Gasteiger partial charge is 0.504 e. The van der Waals surface area contributed by atoms with Crippen molar-refractivity contribution in [2.75, 3.05) is 13.2 Å². The molecule has 10 nitrogen and oxygen atoms in total. The molecule has 0 aliphatic heterocycles. The van der Waals surface area contributed by atoms with Crippen molar-refractivity contribution in [1.82, 2.24) is 0 Å². The van der Waals surface area contributed by atoms with Crippen molar-refractivity contribution in [2.24, 2.45) is 11.5 Å². The molecule has 34 heavy (non-hydrogen) atoms. The Balaban J connectivity index is 1.53. The van der Waals surface area contributed by atoms with Crippen LogP contribution in [0.4, 0.5) is 0 Å². The van der Waals surface area contributed by atoms with Gasteiger partial charge in [0.05, 0.1) is 13.2 Å². The smallest absolute Gasteiger partial charge is 0.323 e. The standard InChI is InChI=1S/C24H32N2O8/c25-17(11-15-5-7-19(27)21(29)13-15)23(31)33-9-3-1-2-4-10-34-24(32)18(26)12-16-6-8-20(28)22(30)14-16/h5-8,13-14,17-18,27-30H,1-4,9-12,25-26H2. The van der Waals surface area contributed by atoms with Crippen LogP contribution in [0.15, 0.2) is 36.4 Å². The first-order chi connectivity index (χ1) is 16.2. The minimum absolute atomic E-state index is 0.175. The highest BCUT2D eigenvalue weighted by Gasteiger charge is 2.17. The van der Waals surface area contributed by atoms with Crippen molar-refractivity contribution in [3.63, 3.8) is 0 Å². The van der Waals surface area contributed by atoms with E-state index in [9.17, 15) is 30.0 Å². The lowest BCUT2D eigenvalue weighted by atomic mass is 10.1. The molecule has 8 N–H and O–H groups in total. The summed E-state index contributed by atoms with van der Waals surface area (Å²) in [6.07, 6.45) is 3.16. The lowest BCUT2D eigenvalue weighted by molar-refractivity contribution is -0.146. The van der Waals surface area contributed by atoms with Gasteiger partial charge in [0.1, 0.15) is 12.1 Å². The molecular weight excluding hydrogens is 444 g/mol. The zero-order valence-electron chi connectivity index (χ0n) is 18.9. The van der Waals surface area contributed by atoms with Crippen LogP contribution in [-0.4, -0.2) is 57.7 Å². The molecule has 0 radical (unpaired) electrons. The van der Waals surface area contributed by atoms with E-state index < -0.39 is 24.0 Å². The van der Waals surface area contributed by atoms with Crippen molar-refractivity contribution in [3.05, 3.63) is 47.5 Å². The Hall–Kier alpha value is -3.50. The number of benzene rings is 2. The minimum atomic E-state index is -0.877. The van der Waals surface area contributed by atoms with Gasteiger partial charge in [-0.3, -0.25) is 9.59 Å². The average molecular weight is 477 g/mol.